The van der Waals surface area contributed by atoms with E-state index in [4.69, 9.17) is 16.9 Å². The van der Waals surface area contributed by atoms with Crippen LogP contribution in [0.15, 0.2) is 24.3 Å². The third-order valence-corrected chi connectivity index (χ3v) is 2.90. The molecule has 0 aliphatic heterocycles. The molecule has 0 saturated heterocycles. The van der Waals surface area contributed by atoms with Gasteiger partial charge in [-0.3, -0.25) is 0 Å². The largest absolute Gasteiger partial charge is 0.331 e. The van der Waals surface area contributed by atoms with Gasteiger partial charge in [-0.05, 0) is 24.6 Å². The Bertz CT molecular complexity index is 534. The van der Waals surface area contributed by atoms with E-state index in [1.807, 2.05) is 22.8 Å². The second-order valence-corrected chi connectivity index (χ2v) is 3.81. The third kappa shape index (κ3) is 1.60. The quantitative estimate of drug-likeness (QED) is 0.760. The number of benzene rings is 1. The van der Waals surface area contributed by atoms with E-state index in [9.17, 15) is 0 Å². The minimum Gasteiger partial charge on any atom is -0.331 e. The highest BCUT2D eigenvalue weighted by atomic mass is 35.5. The second-order valence-electron chi connectivity index (χ2n) is 3.41. The van der Waals surface area contributed by atoms with Crippen molar-refractivity contribution >= 4 is 22.5 Å². The van der Waals surface area contributed by atoms with Gasteiger partial charge in [0.25, 0.3) is 0 Å². The molecule has 3 heteroatoms. The fourth-order valence-corrected chi connectivity index (χ4v) is 2.08. The monoisotopic (exact) mass is 218 g/mol. The highest BCUT2D eigenvalue weighted by Crippen LogP contribution is 2.27. The molecule has 0 atom stereocenters. The first-order chi connectivity index (χ1) is 7.27. The maximum atomic E-state index is 8.78. The van der Waals surface area contributed by atoms with Crippen LogP contribution in [0.25, 0.3) is 10.9 Å². The van der Waals surface area contributed by atoms with Crippen molar-refractivity contribution in [1.82, 2.24) is 4.57 Å². The highest BCUT2D eigenvalue weighted by Gasteiger charge is 2.08. The summed E-state index contributed by atoms with van der Waals surface area (Å²) in [4.78, 5) is 0. The molecule has 0 N–H and O–H groups in total. The maximum absolute atomic E-state index is 8.78. The van der Waals surface area contributed by atoms with Crippen LogP contribution in [-0.4, -0.2) is 4.57 Å². The van der Waals surface area contributed by atoms with Gasteiger partial charge in [0.1, 0.15) is 6.54 Å². The maximum Gasteiger partial charge on any atom is 0.110 e. The summed E-state index contributed by atoms with van der Waals surface area (Å²) in [7, 11) is 0. The minimum atomic E-state index is 0.382. The molecular formula is C12H11ClN2. The summed E-state index contributed by atoms with van der Waals surface area (Å²) in [5, 5.41) is 10.6. The summed E-state index contributed by atoms with van der Waals surface area (Å²) in [5.74, 6) is 0. The van der Waals surface area contributed by atoms with Crippen molar-refractivity contribution in [3.63, 3.8) is 0 Å². The number of nitriles is 1. The molecule has 2 nitrogen and oxygen atoms in total. The zero-order valence-corrected chi connectivity index (χ0v) is 9.25. The molecule has 15 heavy (non-hydrogen) atoms. The van der Waals surface area contributed by atoms with Crippen molar-refractivity contribution in [2.45, 2.75) is 19.9 Å². The van der Waals surface area contributed by atoms with Gasteiger partial charge in [-0.2, -0.15) is 5.26 Å². The molecular weight excluding hydrogens is 208 g/mol. The number of fused-ring (bicyclic) bond motifs is 1. The standard InChI is InChI=1S/C12H11ClN2/c1-2-9-8-10-11(13)4-3-5-12(10)15(9)7-6-14/h3-5,8H,2,7H2,1H3. The molecule has 0 radical (unpaired) electrons. The van der Waals surface area contributed by atoms with E-state index in [2.05, 4.69) is 19.1 Å². The summed E-state index contributed by atoms with van der Waals surface area (Å²) in [6.45, 7) is 2.46. The first-order valence-corrected chi connectivity index (χ1v) is 5.29. The summed E-state index contributed by atoms with van der Waals surface area (Å²) in [6, 6.07) is 10.0. The van der Waals surface area contributed by atoms with Crippen LogP contribution in [0.3, 0.4) is 0 Å². The van der Waals surface area contributed by atoms with Crippen molar-refractivity contribution in [1.29, 1.82) is 5.26 Å². The number of hydrogen-bond donors (Lipinski definition) is 0. The fourth-order valence-electron chi connectivity index (χ4n) is 1.85. The smallest absolute Gasteiger partial charge is 0.110 e. The number of aryl methyl sites for hydroxylation is 1. The van der Waals surface area contributed by atoms with Crippen molar-refractivity contribution in [2.24, 2.45) is 0 Å². The predicted molar refractivity (Wildman–Crippen MR) is 61.9 cm³/mol. The van der Waals surface area contributed by atoms with E-state index >= 15 is 0 Å². The second kappa shape index (κ2) is 3.96. The molecule has 0 aliphatic carbocycles. The van der Waals surface area contributed by atoms with Gasteiger partial charge in [0, 0.05) is 16.1 Å². The molecule has 1 aromatic heterocycles. The summed E-state index contributed by atoms with van der Waals surface area (Å²) >= 11 is 6.10. The van der Waals surface area contributed by atoms with Gasteiger partial charge in [-0.1, -0.05) is 24.6 Å². The van der Waals surface area contributed by atoms with Crippen molar-refractivity contribution in [2.75, 3.05) is 0 Å². The number of aromatic nitrogens is 1. The Morgan fingerprint density at radius 2 is 2.27 bits per heavy atom. The zero-order chi connectivity index (χ0) is 10.8. The summed E-state index contributed by atoms with van der Waals surface area (Å²) in [5.41, 5.74) is 2.19. The van der Waals surface area contributed by atoms with Gasteiger partial charge in [0.15, 0.2) is 0 Å². The van der Waals surface area contributed by atoms with Crippen molar-refractivity contribution < 1.29 is 0 Å². The highest BCUT2D eigenvalue weighted by molar-refractivity contribution is 6.35. The molecule has 2 rings (SSSR count). The SMILES string of the molecule is CCc1cc2c(Cl)cccc2n1CC#N. The average Bonchev–Trinajstić information content (AvgIpc) is 2.59. The molecule has 1 aromatic carbocycles. The van der Waals surface area contributed by atoms with Crippen LogP contribution in [0.2, 0.25) is 5.02 Å². The Morgan fingerprint density at radius 1 is 1.47 bits per heavy atom. The van der Waals surface area contributed by atoms with E-state index in [0.717, 1.165) is 28.0 Å². The topological polar surface area (TPSA) is 28.7 Å². The zero-order valence-electron chi connectivity index (χ0n) is 8.50. The average molecular weight is 219 g/mol. The molecule has 0 unspecified atom stereocenters. The Kier molecular flexibility index (Phi) is 2.66. The summed E-state index contributed by atoms with van der Waals surface area (Å²) < 4.78 is 2.02. The summed E-state index contributed by atoms with van der Waals surface area (Å²) in [6.07, 6.45) is 0.909. The molecule has 1 heterocycles. The molecule has 0 aliphatic rings. The lowest BCUT2D eigenvalue weighted by Crippen LogP contribution is -1.99. The van der Waals surface area contributed by atoms with Gasteiger partial charge in [0.05, 0.1) is 11.6 Å². The molecule has 0 bridgehead atoms. The lowest BCUT2D eigenvalue weighted by molar-refractivity contribution is 0.803. The Hall–Kier alpha value is -1.46. The molecule has 2 aromatic rings. The number of nitrogens with zero attached hydrogens (tertiary/aromatic N) is 2. The third-order valence-electron chi connectivity index (χ3n) is 2.57. The lowest BCUT2D eigenvalue weighted by atomic mass is 10.2. The van der Waals surface area contributed by atoms with Crippen LogP contribution in [0.1, 0.15) is 12.6 Å². The van der Waals surface area contributed by atoms with Gasteiger partial charge in [-0.25, -0.2) is 0 Å². The van der Waals surface area contributed by atoms with Crippen LogP contribution >= 0.6 is 11.6 Å². The van der Waals surface area contributed by atoms with Crippen LogP contribution in [0.5, 0.6) is 0 Å². The molecule has 0 spiro atoms. The molecule has 76 valence electrons. The van der Waals surface area contributed by atoms with E-state index in [1.54, 1.807) is 0 Å². The van der Waals surface area contributed by atoms with E-state index in [1.165, 1.54) is 0 Å². The minimum absolute atomic E-state index is 0.382. The Balaban J connectivity index is 2.75. The molecule has 0 fully saturated rings. The normalized spacial score (nSPS) is 10.5. The van der Waals surface area contributed by atoms with Crippen LogP contribution in [0, 0.1) is 11.3 Å². The van der Waals surface area contributed by atoms with Gasteiger partial charge in [-0.15, -0.1) is 0 Å². The van der Waals surface area contributed by atoms with Crippen LogP contribution in [0.4, 0.5) is 0 Å². The van der Waals surface area contributed by atoms with Crippen LogP contribution < -0.4 is 0 Å². The van der Waals surface area contributed by atoms with E-state index < -0.39 is 0 Å². The first kappa shape index (κ1) is 10.1. The lowest BCUT2D eigenvalue weighted by Gasteiger charge is -2.03. The fraction of sp³-hybridized carbons (Fsp3) is 0.250. The van der Waals surface area contributed by atoms with Gasteiger partial charge < -0.3 is 4.57 Å². The van der Waals surface area contributed by atoms with Gasteiger partial charge >= 0.3 is 0 Å². The van der Waals surface area contributed by atoms with E-state index in [-0.39, 0.29) is 0 Å². The predicted octanol–water partition coefficient (Wildman–Crippen LogP) is 3.38. The van der Waals surface area contributed by atoms with Crippen LogP contribution in [-0.2, 0) is 13.0 Å². The first-order valence-electron chi connectivity index (χ1n) is 4.91. The van der Waals surface area contributed by atoms with Crippen molar-refractivity contribution in [3.05, 3.63) is 35.0 Å². The Morgan fingerprint density at radius 3 is 2.93 bits per heavy atom. The van der Waals surface area contributed by atoms with E-state index in [0.29, 0.717) is 6.54 Å². The molecule has 0 saturated carbocycles. The van der Waals surface area contributed by atoms with Gasteiger partial charge in [0.2, 0.25) is 0 Å². The Labute approximate surface area is 93.7 Å². The van der Waals surface area contributed by atoms with Crippen molar-refractivity contribution in [3.8, 4) is 6.07 Å². The number of hydrogen-bond acceptors (Lipinski definition) is 1. The number of halogens is 1. The molecule has 0 amide bonds. The number of rotatable bonds is 2.